The zero-order chi connectivity index (χ0) is 13.0. The standard InChI is InChI=1S/C13H10BrNO2S/c14-11-4-9(6-15-7-11)8-18-12-3-1-2-10(5-12)13(16)17/h1-7H,8H2,(H,16,17). The molecule has 0 amide bonds. The average Bonchev–Trinajstić information content (AvgIpc) is 2.37. The molecule has 0 aliphatic heterocycles. The fourth-order valence-corrected chi connectivity index (χ4v) is 2.71. The molecular formula is C13H10BrNO2S. The van der Waals surface area contributed by atoms with Gasteiger partial charge in [-0.05, 0) is 45.8 Å². The number of hydrogen-bond acceptors (Lipinski definition) is 3. The third kappa shape index (κ3) is 3.58. The Morgan fingerprint density at radius 3 is 2.89 bits per heavy atom. The zero-order valence-electron chi connectivity index (χ0n) is 9.34. The lowest BCUT2D eigenvalue weighted by Gasteiger charge is -2.03. The van der Waals surface area contributed by atoms with Gasteiger partial charge in [0.1, 0.15) is 0 Å². The molecule has 2 aromatic rings. The van der Waals surface area contributed by atoms with Crippen molar-refractivity contribution >= 4 is 33.7 Å². The highest BCUT2D eigenvalue weighted by Gasteiger charge is 2.04. The van der Waals surface area contributed by atoms with E-state index >= 15 is 0 Å². The molecule has 0 atom stereocenters. The highest BCUT2D eigenvalue weighted by molar-refractivity contribution is 9.10. The van der Waals surface area contributed by atoms with Crippen LogP contribution in [-0.2, 0) is 5.75 Å². The van der Waals surface area contributed by atoms with Crippen LogP contribution in [0.25, 0.3) is 0 Å². The van der Waals surface area contributed by atoms with Crippen LogP contribution in [0.1, 0.15) is 15.9 Å². The molecule has 0 spiro atoms. The van der Waals surface area contributed by atoms with Gasteiger partial charge in [0.2, 0.25) is 0 Å². The van der Waals surface area contributed by atoms with Crippen LogP contribution in [0, 0.1) is 0 Å². The van der Waals surface area contributed by atoms with Gasteiger partial charge in [-0.1, -0.05) is 6.07 Å². The molecule has 0 unspecified atom stereocenters. The Morgan fingerprint density at radius 2 is 2.17 bits per heavy atom. The third-order valence-electron chi connectivity index (χ3n) is 2.25. The molecule has 3 nitrogen and oxygen atoms in total. The van der Waals surface area contributed by atoms with Crippen molar-refractivity contribution < 1.29 is 9.90 Å². The molecule has 0 saturated carbocycles. The van der Waals surface area contributed by atoms with Crippen LogP contribution in [0.5, 0.6) is 0 Å². The molecule has 1 heterocycles. The lowest BCUT2D eigenvalue weighted by Crippen LogP contribution is -1.95. The first-order valence-electron chi connectivity index (χ1n) is 5.21. The van der Waals surface area contributed by atoms with Gasteiger partial charge in [-0.25, -0.2) is 4.79 Å². The number of rotatable bonds is 4. The van der Waals surface area contributed by atoms with E-state index in [0.29, 0.717) is 5.56 Å². The molecule has 1 aromatic heterocycles. The van der Waals surface area contributed by atoms with Crippen molar-refractivity contribution in [2.24, 2.45) is 0 Å². The van der Waals surface area contributed by atoms with Crippen molar-refractivity contribution in [1.82, 2.24) is 4.98 Å². The van der Waals surface area contributed by atoms with Gasteiger partial charge in [0.25, 0.3) is 0 Å². The number of pyridine rings is 1. The molecule has 18 heavy (non-hydrogen) atoms. The Hall–Kier alpha value is -1.33. The molecule has 1 aromatic carbocycles. The number of nitrogens with zero attached hydrogens (tertiary/aromatic N) is 1. The SMILES string of the molecule is O=C(O)c1cccc(SCc2cncc(Br)c2)c1. The molecular weight excluding hydrogens is 314 g/mol. The summed E-state index contributed by atoms with van der Waals surface area (Å²) in [6.07, 6.45) is 3.54. The van der Waals surface area contributed by atoms with Crippen LogP contribution in [0.3, 0.4) is 0 Å². The Balaban J connectivity index is 2.06. The van der Waals surface area contributed by atoms with Gasteiger partial charge in [-0.15, -0.1) is 11.8 Å². The number of carbonyl (C=O) groups is 1. The van der Waals surface area contributed by atoms with Gasteiger partial charge in [-0.2, -0.15) is 0 Å². The van der Waals surface area contributed by atoms with Gasteiger partial charge >= 0.3 is 5.97 Å². The van der Waals surface area contributed by atoms with Crippen molar-refractivity contribution in [3.63, 3.8) is 0 Å². The second kappa shape index (κ2) is 6.02. The van der Waals surface area contributed by atoms with Gasteiger partial charge < -0.3 is 5.11 Å². The maximum absolute atomic E-state index is 10.8. The quantitative estimate of drug-likeness (QED) is 0.868. The normalized spacial score (nSPS) is 10.3. The van der Waals surface area contributed by atoms with E-state index in [1.807, 2.05) is 12.1 Å². The van der Waals surface area contributed by atoms with Crippen molar-refractivity contribution in [2.75, 3.05) is 0 Å². The summed E-state index contributed by atoms with van der Waals surface area (Å²) in [5, 5.41) is 8.91. The molecule has 0 radical (unpaired) electrons. The van der Waals surface area contributed by atoms with Gasteiger partial charge in [-0.3, -0.25) is 4.98 Å². The first-order chi connectivity index (χ1) is 8.65. The van der Waals surface area contributed by atoms with Gasteiger partial charge in [0.15, 0.2) is 0 Å². The number of carboxylic acid groups (broad SMARTS) is 1. The van der Waals surface area contributed by atoms with Crippen LogP contribution in [-0.4, -0.2) is 16.1 Å². The van der Waals surface area contributed by atoms with Crippen LogP contribution in [0.15, 0.2) is 52.1 Å². The van der Waals surface area contributed by atoms with Gasteiger partial charge in [0, 0.05) is 27.5 Å². The Labute approximate surface area is 117 Å². The largest absolute Gasteiger partial charge is 0.478 e. The molecule has 0 saturated heterocycles. The van der Waals surface area contributed by atoms with E-state index in [-0.39, 0.29) is 0 Å². The Morgan fingerprint density at radius 1 is 1.33 bits per heavy atom. The van der Waals surface area contributed by atoms with E-state index in [1.54, 1.807) is 42.4 Å². The number of aromatic carboxylic acids is 1. The van der Waals surface area contributed by atoms with Crippen molar-refractivity contribution in [3.8, 4) is 0 Å². The number of hydrogen-bond donors (Lipinski definition) is 1. The van der Waals surface area contributed by atoms with Crippen LogP contribution in [0.2, 0.25) is 0 Å². The van der Waals surface area contributed by atoms with E-state index in [9.17, 15) is 4.79 Å². The summed E-state index contributed by atoms with van der Waals surface area (Å²) in [4.78, 5) is 15.9. The van der Waals surface area contributed by atoms with Crippen molar-refractivity contribution in [1.29, 1.82) is 0 Å². The Bertz CT molecular complexity index is 574. The summed E-state index contributed by atoms with van der Waals surface area (Å²) < 4.78 is 0.944. The van der Waals surface area contributed by atoms with Crippen molar-refractivity contribution in [2.45, 2.75) is 10.6 Å². The minimum atomic E-state index is -0.901. The van der Waals surface area contributed by atoms with Crippen molar-refractivity contribution in [3.05, 3.63) is 58.3 Å². The number of halogens is 1. The van der Waals surface area contributed by atoms with Crippen LogP contribution >= 0.6 is 27.7 Å². The van der Waals surface area contributed by atoms with Crippen LogP contribution < -0.4 is 0 Å². The molecule has 0 bridgehead atoms. The second-order valence-electron chi connectivity index (χ2n) is 3.63. The maximum atomic E-state index is 10.8. The lowest BCUT2D eigenvalue weighted by atomic mass is 10.2. The van der Waals surface area contributed by atoms with E-state index in [4.69, 9.17) is 5.11 Å². The number of carboxylic acids is 1. The van der Waals surface area contributed by atoms with E-state index in [0.717, 1.165) is 20.7 Å². The smallest absolute Gasteiger partial charge is 0.335 e. The molecule has 92 valence electrons. The summed E-state index contributed by atoms with van der Waals surface area (Å²) in [6.45, 7) is 0. The summed E-state index contributed by atoms with van der Waals surface area (Å²) in [6, 6.07) is 8.93. The summed E-state index contributed by atoms with van der Waals surface area (Å²) >= 11 is 4.96. The molecule has 1 N–H and O–H groups in total. The monoisotopic (exact) mass is 323 g/mol. The highest BCUT2D eigenvalue weighted by Crippen LogP contribution is 2.24. The minimum Gasteiger partial charge on any atom is -0.478 e. The predicted octanol–water partition coefficient (Wildman–Crippen LogP) is 3.83. The average molecular weight is 324 g/mol. The van der Waals surface area contributed by atoms with E-state index in [1.165, 1.54) is 0 Å². The fraction of sp³-hybridized carbons (Fsp3) is 0.0769. The zero-order valence-corrected chi connectivity index (χ0v) is 11.7. The minimum absolute atomic E-state index is 0.312. The number of benzene rings is 1. The second-order valence-corrected chi connectivity index (χ2v) is 5.60. The number of thioether (sulfide) groups is 1. The highest BCUT2D eigenvalue weighted by atomic mass is 79.9. The summed E-state index contributed by atoms with van der Waals surface area (Å²) in [5.41, 5.74) is 1.41. The fourth-order valence-electron chi connectivity index (χ4n) is 1.42. The lowest BCUT2D eigenvalue weighted by molar-refractivity contribution is 0.0696. The first kappa shape index (κ1) is 13.1. The van der Waals surface area contributed by atoms with Gasteiger partial charge in [0.05, 0.1) is 5.56 Å². The topological polar surface area (TPSA) is 50.2 Å². The molecule has 2 rings (SSSR count). The molecule has 0 fully saturated rings. The van der Waals surface area contributed by atoms with Crippen LogP contribution in [0.4, 0.5) is 0 Å². The molecule has 0 aliphatic rings. The van der Waals surface area contributed by atoms with E-state index in [2.05, 4.69) is 20.9 Å². The number of aromatic nitrogens is 1. The Kier molecular flexibility index (Phi) is 4.38. The predicted molar refractivity (Wildman–Crippen MR) is 74.9 cm³/mol. The van der Waals surface area contributed by atoms with E-state index < -0.39 is 5.97 Å². The third-order valence-corrected chi connectivity index (χ3v) is 3.75. The molecule has 0 aliphatic carbocycles. The summed E-state index contributed by atoms with van der Waals surface area (Å²) in [7, 11) is 0. The maximum Gasteiger partial charge on any atom is 0.335 e. The molecule has 5 heteroatoms. The summed E-state index contributed by atoms with van der Waals surface area (Å²) in [5.74, 6) is -0.142. The first-order valence-corrected chi connectivity index (χ1v) is 6.98.